The number of nitriles is 1. The van der Waals surface area contributed by atoms with Crippen molar-refractivity contribution in [2.75, 3.05) is 0 Å². The Morgan fingerprint density at radius 2 is 1.88 bits per heavy atom. The third kappa shape index (κ3) is 3.69. The minimum atomic E-state index is -0.650. The molecule has 34 heavy (non-hydrogen) atoms. The molecule has 0 N–H and O–H groups in total. The largest absolute Gasteiger partial charge is 0.452 e. The van der Waals surface area contributed by atoms with Gasteiger partial charge in [0.2, 0.25) is 0 Å². The molecule has 0 atom stereocenters. The number of hydrogen-bond acceptors (Lipinski definition) is 4. The Labute approximate surface area is 196 Å². The molecule has 6 nitrogen and oxygen atoms in total. The normalized spacial score (nSPS) is 12.5. The number of hydrogen-bond donors (Lipinski definition) is 0. The van der Waals surface area contributed by atoms with Crippen molar-refractivity contribution in [1.82, 2.24) is 14.7 Å². The van der Waals surface area contributed by atoms with Crippen LogP contribution in [0, 0.1) is 24.1 Å². The van der Waals surface area contributed by atoms with E-state index < -0.39 is 5.82 Å². The second-order valence-electron chi connectivity index (χ2n) is 8.25. The van der Waals surface area contributed by atoms with Crippen molar-refractivity contribution < 1.29 is 13.9 Å². The van der Waals surface area contributed by atoms with Gasteiger partial charge in [0.15, 0.2) is 11.6 Å². The maximum atomic E-state index is 14.3. The quantitative estimate of drug-likeness (QED) is 0.409. The zero-order valence-electron chi connectivity index (χ0n) is 18.7. The molecule has 2 heterocycles. The van der Waals surface area contributed by atoms with Gasteiger partial charge in [0, 0.05) is 31.4 Å². The molecular formula is C27H21FN4O2. The van der Waals surface area contributed by atoms with Gasteiger partial charge in [-0.15, -0.1) is 0 Å². The van der Waals surface area contributed by atoms with E-state index in [0.29, 0.717) is 18.7 Å². The van der Waals surface area contributed by atoms with Gasteiger partial charge in [-0.05, 0) is 41.8 Å². The Morgan fingerprint density at radius 1 is 1.12 bits per heavy atom. The van der Waals surface area contributed by atoms with E-state index in [-0.39, 0.29) is 23.0 Å². The van der Waals surface area contributed by atoms with Gasteiger partial charge in [0.25, 0.3) is 5.91 Å². The molecule has 5 rings (SSSR count). The Bertz CT molecular complexity index is 1450. The first kappa shape index (κ1) is 21.4. The summed E-state index contributed by atoms with van der Waals surface area (Å²) < 4.78 is 21.9. The Kier molecular flexibility index (Phi) is 5.34. The van der Waals surface area contributed by atoms with Crippen molar-refractivity contribution in [2.24, 2.45) is 7.05 Å². The number of aryl methyl sites for hydroxylation is 1. The van der Waals surface area contributed by atoms with Crippen LogP contribution in [0.25, 0.3) is 11.1 Å². The summed E-state index contributed by atoms with van der Waals surface area (Å²) in [4.78, 5) is 15.0. The molecule has 0 bridgehead atoms. The van der Waals surface area contributed by atoms with Crippen LogP contribution in [0.15, 0.2) is 66.9 Å². The van der Waals surface area contributed by atoms with Crippen LogP contribution in [-0.4, -0.2) is 20.6 Å². The summed E-state index contributed by atoms with van der Waals surface area (Å²) in [5.41, 5.74) is 5.50. The van der Waals surface area contributed by atoms with Crippen molar-refractivity contribution in [3.8, 4) is 28.7 Å². The molecule has 0 saturated heterocycles. The zero-order chi connectivity index (χ0) is 23.8. The molecule has 1 aliphatic heterocycles. The van der Waals surface area contributed by atoms with Crippen LogP contribution in [-0.2, 0) is 20.1 Å². The average Bonchev–Trinajstić information content (AvgIpc) is 3.34. The van der Waals surface area contributed by atoms with Gasteiger partial charge < -0.3 is 9.64 Å². The minimum absolute atomic E-state index is 0.0730. The number of halogens is 1. The highest BCUT2D eigenvalue weighted by molar-refractivity contribution is 6.01. The van der Waals surface area contributed by atoms with Crippen molar-refractivity contribution in [3.05, 3.63) is 101 Å². The summed E-state index contributed by atoms with van der Waals surface area (Å²) >= 11 is 0. The molecule has 1 aliphatic rings. The molecule has 168 valence electrons. The fraction of sp³-hybridized carbons (Fsp3) is 0.148. The van der Waals surface area contributed by atoms with Gasteiger partial charge in [-0.3, -0.25) is 9.48 Å². The van der Waals surface area contributed by atoms with Crippen LogP contribution >= 0.6 is 0 Å². The number of rotatable bonds is 5. The van der Waals surface area contributed by atoms with Gasteiger partial charge in [0.05, 0.1) is 17.3 Å². The van der Waals surface area contributed by atoms with E-state index in [4.69, 9.17) is 4.74 Å². The lowest BCUT2D eigenvalue weighted by Crippen LogP contribution is -2.23. The predicted octanol–water partition coefficient (Wildman–Crippen LogP) is 5.35. The predicted molar refractivity (Wildman–Crippen MR) is 125 cm³/mol. The lowest BCUT2D eigenvalue weighted by molar-refractivity contribution is 0.0765. The molecule has 0 spiro atoms. The molecular weight excluding hydrogens is 431 g/mol. The maximum absolute atomic E-state index is 14.3. The SMILES string of the molecule is Cc1c(-c2ccc(CN3Cc4cccc(Oc5c(F)cccc5C#N)c4C3=O)cc2)cnn1C. The second kappa shape index (κ2) is 8.49. The van der Waals surface area contributed by atoms with Crippen LogP contribution < -0.4 is 4.74 Å². The van der Waals surface area contributed by atoms with Gasteiger partial charge in [0.1, 0.15) is 11.8 Å². The van der Waals surface area contributed by atoms with Crippen LogP contribution in [0.4, 0.5) is 4.39 Å². The van der Waals surface area contributed by atoms with Crippen molar-refractivity contribution in [1.29, 1.82) is 5.26 Å². The Balaban J connectivity index is 1.37. The first-order chi connectivity index (χ1) is 16.5. The van der Waals surface area contributed by atoms with Crippen LogP contribution in [0.3, 0.4) is 0 Å². The number of nitrogens with zero attached hydrogens (tertiary/aromatic N) is 4. The van der Waals surface area contributed by atoms with E-state index in [2.05, 4.69) is 5.10 Å². The van der Waals surface area contributed by atoms with Crippen molar-refractivity contribution in [3.63, 3.8) is 0 Å². The van der Waals surface area contributed by atoms with E-state index in [1.807, 2.05) is 61.3 Å². The van der Waals surface area contributed by atoms with Gasteiger partial charge in [-0.25, -0.2) is 4.39 Å². The first-order valence-electron chi connectivity index (χ1n) is 10.8. The fourth-order valence-electron chi connectivity index (χ4n) is 4.20. The monoisotopic (exact) mass is 452 g/mol. The number of carbonyl (C=O) groups is 1. The highest BCUT2D eigenvalue weighted by Gasteiger charge is 2.31. The number of ether oxygens (including phenoxy) is 1. The zero-order valence-corrected chi connectivity index (χ0v) is 18.7. The topological polar surface area (TPSA) is 71.2 Å². The standard InChI is InChI=1S/C27H21FN4O2/c1-17-22(14-30-31(17)2)19-11-9-18(10-12-19)15-32-16-21-6-4-8-24(25(21)27(32)33)34-26-20(13-29)5-3-7-23(26)28/h3-12,14H,15-16H2,1-2H3. The lowest BCUT2D eigenvalue weighted by atomic mass is 10.0. The number of para-hydroxylation sites is 1. The fourth-order valence-corrected chi connectivity index (χ4v) is 4.20. The second-order valence-corrected chi connectivity index (χ2v) is 8.25. The van der Waals surface area contributed by atoms with E-state index in [1.54, 1.807) is 17.0 Å². The first-order valence-corrected chi connectivity index (χ1v) is 10.8. The van der Waals surface area contributed by atoms with Crippen molar-refractivity contribution >= 4 is 5.91 Å². The summed E-state index contributed by atoms with van der Waals surface area (Å²) in [6.07, 6.45) is 1.85. The molecule has 0 saturated carbocycles. The molecule has 1 amide bonds. The van der Waals surface area contributed by atoms with Gasteiger partial charge in [-0.2, -0.15) is 10.4 Å². The van der Waals surface area contributed by atoms with Crippen molar-refractivity contribution in [2.45, 2.75) is 20.0 Å². The third-order valence-electron chi connectivity index (χ3n) is 6.15. The summed E-state index contributed by atoms with van der Waals surface area (Å²) in [6, 6.07) is 19.4. The molecule has 0 aliphatic carbocycles. The van der Waals surface area contributed by atoms with Gasteiger partial charge >= 0.3 is 0 Å². The Hall–Kier alpha value is -4.44. The minimum Gasteiger partial charge on any atom is -0.452 e. The number of benzene rings is 3. The highest BCUT2D eigenvalue weighted by atomic mass is 19.1. The maximum Gasteiger partial charge on any atom is 0.258 e. The summed E-state index contributed by atoms with van der Waals surface area (Å²) in [7, 11) is 1.91. The van der Waals surface area contributed by atoms with Gasteiger partial charge in [-0.1, -0.05) is 42.5 Å². The number of carbonyl (C=O) groups excluding carboxylic acids is 1. The van der Waals surface area contributed by atoms with Crippen LogP contribution in [0.2, 0.25) is 0 Å². The highest BCUT2D eigenvalue weighted by Crippen LogP contribution is 2.36. The number of aromatic nitrogens is 2. The average molecular weight is 452 g/mol. The van der Waals surface area contributed by atoms with E-state index in [0.717, 1.165) is 27.9 Å². The molecule has 3 aromatic carbocycles. The van der Waals surface area contributed by atoms with E-state index in [1.165, 1.54) is 18.2 Å². The van der Waals surface area contributed by atoms with Crippen LogP contribution in [0.1, 0.15) is 32.7 Å². The summed E-state index contributed by atoms with van der Waals surface area (Å²) in [5.74, 6) is -0.768. The number of fused-ring (bicyclic) bond motifs is 1. The molecule has 0 radical (unpaired) electrons. The summed E-state index contributed by atoms with van der Waals surface area (Å²) in [5, 5.41) is 13.6. The smallest absolute Gasteiger partial charge is 0.258 e. The Morgan fingerprint density at radius 3 is 2.59 bits per heavy atom. The molecule has 0 unspecified atom stereocenters. The van der Waals surface area contributed by atoms with Crippen LogP contribution in [0.5, 0.6) is 11.5 Å². The molecule has 7 heteroatoms. The molecule has 4 aromatic rings. The summed E-state index contributed by atoms with van der Waals surface area (Å²) in [6.45, 7) is 2.89. The molecule has 1 aromatic heterocycles. The molecule has 0 fully saturated rings. The third-order valence-corrected chi connectivity index (χ3v) is 6.15. The van der Waals surface area contributed by atoms with E-state index >= 15 is 0 Å². The lowest BCUT2D eigenvalue weighted by Gasteiger charge is -2.16. The van der Waals surface area contributed by atoms with E-state index in [9.17, 15) is 14.4 Å². The number of amides is 1.